The Kier molecular flexibility index (Phi) is 1520. The predicted octanol–water partition coefficient (Wildman–Crippen LogP) is -1.06. The van der Waals surface area contributed by atoms with Gasteiger partial charge in [-0.05, 0) is 0 Å². The van der Waals surface area contributed by atoms with Gasteiger partial charge in [-0.1, -0.05) is 0 Å². The van der Waals surface area contributed by atoms with Crippen molar-refractivity contribution in [1.29, 1.82) is 0 Å². The van der Waals surface area contributed by atoms with Crippen molar-refractivity contribution in [2.45, 2.75) is 0 Å². The quantitative estimate of drug-likeness (QED) is 0.359. The molecule has 0 fully saturated rings. The fourth-order valence-corrected chi connectivity index (χ4v) is 0. The van der Waals surface area contributed by atoms with Crippen LogP contribution in [0.4, 0.5) is 0 Å². The Morgan fingerprint density at radius 2 is 1.20 bits per heavy atom. The average molecular weight is 62.0 g/mol. The Morgan fingerprint density at radius 3 is 1.20 bits per heavy atom. The Bertz CT molecular complexity index is 30.6. The molecule has 0 saturated carbocycles. The molecule has 0 aromatic heterocycles. The van der Waals surface area contributed by atoms with E-state index in [0.29, 0.717) is 0 Å². The third-order valence-electron chi connectivity index (χ3n) is 0. The molecule has 0 N–H and O–H groups in total. The smallest absolute Gasteiger partial charge is 0.186 e. The van der Waals surface area contributed by atoms with Gasteiger partial charge >= 0.3 is 6.15 Å². The molecule has 0 bridgehead atoms. The van der Waals surface area contributed by atoms with Crippen LogP contribution < -0.4 is 6.15 Å². The largest absolute Gasteiger partial charge is 0.373 e. The molecule has 0 aromatic rings. The summed E-state index contributed by atoms with van der Waals surface area (Å²) in [7, 11) is 0. The van der Waals surface area contributed by atoms with E-state index in [2.05, 4.69) is 0 Å². The van der Waals surface area contributed by atoms with Crippen molar-refractivity contribution in [2.75, 3.05) is 0 Å². The molecule has 0 saturated heterocycles. The third kappa shape index (κ3) is 8.99. The summed E-state index contributed by atoms with van der Waals surface area (Å²) in [5.41, 5.74) is 0. The van der Waals surface area contributed by atoms with Gasteiger partial charge in [0.15, 0.2) is 0 Å². The first-order chi connectivity index (χ1) is 1.41. The van der Waals surface area contributed by atoms with E-state index < -0.39 is 0 Å². The molecule has 0 aromatic carbocycles. The minimum atomic E-state index is 0. The predicted molar refractivity (Wildman–Crippen MR) is 7.14 cm³/mol. The van der Waals surface area contributed by atoms with Crippen LogP contribution in [0.25, 0.3) is 0 Å². The van der Waals surface area contributed by atoms with Crippen molar-refractivity contribution in [2.24, 2.45) is 0 Å². The van der Waals surface area contributed by atoms with Crippen LogP contribution in [0.15, 0.2) is 0 Å². The summed E-state index contributed by atoms with van der Waals surface area (Å²) in [6, 6.07) is 0. The van der Waals surface area contributed by atoms with E-state index in [1.807, 2.05) is 0 Å². The van der Waals surface area contributed by atoms with Crippen molar-refractivity contribution in [3.05, 3.63) is 0 Å². The fourth-order valence-electron chi connectivity index (χ4n) is 0. The first kappa shape index (κ1) is 28.7. The number of hydrogen-bond acceptors (Lipinski definition) is 2. The zero-order chi connectivity index (χ0) is 2.71. The summed E-state index contributed by atoms with van der Waals surface area (Å²) in [4.78, 5) is 16.2. The van der Waals surface area contributed by atoms with Crippen molar-refractivity contribution in [1.82, 2.24) is 6.15 Å². The van der Waals surface area contributed by atoms with Gasteiger partial charge in [0, 0.05) is 12.3 Å². The molecule has 0 amide bonds. The molecule has 4 heteroatoms. The van der Waals surface area contributed by atoms with Crippen LogP contribution in [0.3, 0.4) is 0 Å². The number of hydrogen-bond donors (Lipinski definition) is 0. The molecular weight excluding hydrogens is 62.0 g/mol. The molecule has 0 rings (SSSR count). The van der Waals surface area contributed by atoms with E-state index in [-0.39, 0.29) is 18.5 Å². The van der Waals surface area contributed by atoms with Crippen LogP contribution in [0.5, 0.6) is 0 Å². The van der Waals surface area contributed by atoms with Crippen LogP contribution in [-0.2, 0) is 9.59 Å². The zero-order valence-corrected chi connectivity index (χ0v) is 2.47. The van der Waals surface area contributed by atoms with E-state index in [0.717, 1.165) is 0 Å². The van der Waals surface area contributed by atoms with Gasteiger partial charge < -0.3 is 0 Å². The van der Waals surface area contributed by atoms with Gasteiger partial charge in [-0.2, -0.15) is 9.59 Å². The van der Waals surface area contributed by atoms with E-state index in [9.17, 15) is 0 Å². The average Bonchev–Trinajstić information content (AvgIpc) is 0.918. The van der Waals surface area contributed by atoms with Crippen LogP contribution in [-0.4, -0.2) is 6.15 Å². The maximum Gasteiger partial charge on any atom is 0.373 e. The molecule has 3 nitrogen and oxygen atoms in total. The van der Waals surface area contributed by atoms with Gasteiger partial charge in [0.25, 0.3) is 0 Å². The normalized spacial score (nSPS) is 1.60. The molecule has 0 aliphatic heterocycles. The molecule has 0 atom stereocenters. The molecule has 5 heavy (non-hydrogen) atoms. The second-order valence-corrected chi connectivity index (χ2v) is 0.0833. The van der Waals surface area contributed by atoms with Crippen molar-refractivity contribution < 1.29 is 15.7 Å². The summed E-state index contributed by atoms with van der Waals surface area (Å²) >= 11 is 0. The number of carbonyl (C=O) groups excluding carboxylic acids is 2. The van der Waals surface area contributed by atoms with Gasteiger partial charge in [-0.25, -0.2) is 0 Å². The number of rotatable bonds is 0. The van der Waals surface area contributed by atoms with Crippen LogP contribution in [0.1, 0.15) is 0 Å². The van der Waals surface area contributed by atoms with Crippen molar-refractivity contribution >= 4 is 6.15 Å². The first-order valence-electron chi connectivity index (χ1n) is 0.408. The topological polar surface area (TPSA) is 64.6 Å². The minimum Gasteiger partial charge on any atom is -0.186 e. The molecule has 0 unspecified atom stereocenters. The van der Waals surface area contributed by atoms with Gasteiger partial charge in [0.1, 0.15) is 0 Å². The second-order valence-electron chi connectivity index (χ2n) is 0.0833. The van der Waals surface area contributed by atoms with Crippen LogP contribution in [0, 0.1) is 6.15 Å². The Balaban J connectivity index is -0.0000000200. The Morgan fingerprint density at radius 1 is 1.20 bits per heavy atom. The molecule has 0 spiro atoms. The van der Waals surface area contributed by atoms with Gasteiger partial charge in [0.05, 0.1) is 0 Å². The van der Waals surface area contributed by atoms with Gasteiger partial charge in [-0.3, -0.25) is 0 Å². The summed E-state index contributed by atoms with van der Waals surface area (Å²) in [6.07, 6.45) is 0.250. The Labute approximate surface area is 29.3 Å². The maximum atomic E-state index is 8.12. The summed E-state index contributed by atoms with van der Waals surface area (Å²) in [6.45, 7) is 0. The second kappa shape index (κ2) is 265. The van der Waals surface area contributed by atoms with E-state index >= 15 is 0 Å². The van der Waals surface area contributed by atoms with Crippen molar-refractivity contribution in [3.8, 4) is 0 Å². The van der Waals surface area contributed by atoms with Gasteiger partial charge in [0.2, 0.25) is 0 Å². The summed E-state index contributed by atoms with van der Waals surface area (Å²) < 4.78 is 0. The first-order valence-corrected chi connectivity index (χ1v) is 0.408. The molecule has 0 heterocycles. The number of nitrogens with zero attached hydrogens (tertiary/aromatic N) is 1. The minimum absolute atomic E-state index is 0. The Hall–Kier alpha value is -0.751. The zero-order valence-electron chi connectivity index (χ0n) is 2.47. The monoisotopic (exact) mass is 62.0 g/mol. The standard InChI is InChI=1S/CO2.He.N/c2-1-3;;. The van der Waals surface area contributed by atoms with E-state index in [1.54, 1.807) is 0 Å². The molecule has 3 radical (unpaired) electrons. The molecular formula is CHeNO2. The van der Waals surface area contributed by atoms with Crippen LogP contribution in [0.2, 0.25) is 0 Å². The van der Waals surface area contributed by atoms with Crippen molar-refractivity contribution in [3.63, 3.8) is 0 Å². The third-order valence-corrected chi connectivity index (χ3v) is 0. The van der Waals surface area contributed by atoms with Gasteiger partial charge in [-0.15, -0.1) is 0 Å². The molecule has 0 aliphatic carbocycles. The van der Waals surface area contributed by atoms with E-state index in [4.69, 9.17) is 9.59 Å². The van der Waals surface area contributed by atoms with E-state index in [1.165, 1.54) is 0 Å². The summed E-state index contributed by atoms with van der Waals surface area (Å²) in [5, 5.41) is 0. The fraction of sp³-hybridized carbons (Fsp3) is 0. The SMILES string of the molecule is O=C=O.[He].[N]. The molecule has 23 valence electrons. The summed E-state index contributed by atoms with van der Waals surface area (Å²) in [5.74, 6) is 0. The molecule has 0 aliphatic rings. The maximum absolute atomic E-state index is 8.12. The van der Waals surface area contributed by atoms with Crippen LogP contribution >= 0.6 is 0 Å².